The predicted molar refractivity (Wildman–Crippen MR) is 102 cm³/mol. The van der Waals surface area contributed by atoms with Gasteiger partial charge in [0.15, 0.2) is 0 Å². The highest BCUT2D eigenvalue weighted by molar-refractivity contribution is 6.30. The first-order valence-corrected chi connectivity index (χ1v) is 7.23. The number of hydrogen-bond donors (Lipinski definition) is 0. The maximum Gasteiger partial charge on any atom is 0.143 e. The smallest absolute Gasteiger partial charge is 0.143 e. The molecule has 0 saturated heterocycles. The lowest BCUT2D eigenvalue weighted by Gasteiger charge is -2.02. The number of fused-ring (bicyclic) bond motifs is 5. The summed E-state index contributed by atoms with van der Waals surface area (Å²) in [6.07, 6.45) is 0. The number of furan rings is 1. The largest absolute Gasteiger partial charge is 0.455 e. The number of hydrogen-bond acceptors (Lipinski definition) is 1. The molecular formula is C22H13ClO. The van der Waals surface area contributed by atoms with Crippen LogP contribution in [0.5, 0.6) is 0 Å². The predicted octanol–water partition coefficient (Wildman–Crippen LogP) is 7.06. The average Bonchev–Trinajstić information content (AvgIpc) is 3.26. The van der Waals surface area contributed by atoms with Gasteiger partial charge in [0.2, 0.25) is 0 Å². The SMILES string of the molecule is [2H]c1c([2H])c(-c2c([2H])c([2H])c([2H])c3c2oc2c4c([2H])c([2H])c([2H])c([2H])c4c([2H])c([2H])c23)c([2H])c([2H])c1Cl. The Morgan fingerprint density at radius 3 is 2.29 bits per heavy atom. The fraction of sp³-hybridized carbons (Fsp3) is 0. The van der Waals surface area contributed by atoms with E-state index in [1.807, 2.05) is 0 Å². The van der Waals surface area contributed by atoms with Crippen molar-refractivity contribution in [2.75, 3.05) is 0 Å². The van der Waals surface area contributed by atoms with Gasteiger partial charge in [-0.25, -0.2) is 0 Å². The summed E-state index contributed by atoms with van der Waals surface area (Å²) in [5, 5.41) is -1.42. The van der Waals surface area contributed by atoms with E-state index >= 15 is 0 Å². The fourth-order valence-electron chi connectivity index (χ4n) is 2.53. The van der Waals surface area contributed by atoms with E-state index in [2.05, 4.69) is 0 Å². The second kappa shape index (κ2) is 5.12. The molecule has 1 heterocycles. The van der Waals surface area contributed by atoms with E-state index in [1.165, 1.54) is 0 Å². The third kappa shape index (κ3) is 1.95. The van der Waals surface area contributed by atoms with E-state index in [-0.39, 0.29) is 38.3 Å². The van der Waals surface area contributed by atoms with E-state index in [4.69, 9.17) is 33.8 Å². The minimum absolute atomic E-state index is 0.207. The van der Waals surface area contributed by atoms with Crippen LogP contribution in [0, 0.1) is 0 Å². The van der Waals surface area contributed by atoms with E-state index < -0.39 is 89.1 Å². The molecule has 0 aliphatic carbocycles. The van der Waals surface area contributed by atoms with E-state index in [0.717, 1.165) is 0 Å². The number of para-hydroxylation sites is 1. The van der Waals surface area contributed by atoms with Gasteiger partial charge in [-0.05, 0) is 29.1 Å². The van der Waals surface area contributed by atoms with Crippen LogP contribution in [0.1, 0.15) is 17.8 Å². The summed E-state index contributed by atoms with van der Waals surface area (Å²) in [7, 11) is 0. The van der Waals surface area contributed by atoms with Gasteiger partial charge in [-0.2, -0.15) is 0 Å². The molecule has 24 heavy (non-hydrogen) atoms. The topological polar surface area (TPSA) is 13.1 Å². The second-order valence-electron chi connectivity index (χ2n) is 4.95. The third-order valence-corrected chi connectivity index (χ3v) is 3.77. The minimum atomic E-state index is -0.669. The van der Waals surface area contributed by atoms with Crippen LogP contribution < -0.4 is 0 Å². The number of benzene rings is 4. The normalized spacial score (nSPS) is 19.1. The van der Waals surface area contributed by atoms with Crippen molar-refractivity contribution in [3.05, 3.63) is 83.6 Å². The van der Waals surface area contributed by atoms with Crippen LogP contribution in [0.25, 0.3) is 43.8 Å². The van der Waals surface area contributed by atoms with Gasteiger partial charge < -0.3 is 4.42 Å². The summed E-state index contributed by atoms with van der Waals surface area (Å²) in [6.45, 7) is 0. The molecule has 0 spiro atoms. The Balaban J connectivity index is 2.16. The van der Waals surface area contributed by atoms with Crippen molar-refractivity contribution in [3.63, 3.8) is 0 Å². The lowest BCUT2D eigenvalue weighted by atomic mass is 10.0. The van der Waals surface area contributed by atoms with Crippen LogP contribution in [-0.2, 0) is 0 Å². The molecule has 0 saturated carbocycles. The molecule has 0 atom stereocenters. The van der Waals surface area contributed by atoms with Crippen LogP contribution in [0.3, 0.4) is 0 Å². The van der Waals surface area contributed by atoms with Crippen LogP contribution >= 0.6 is 11.6 Å². The van der Waals surface area contributed by atoms with Crippen molar-refractivity contribution >= 4 is 44.3 Å². The summed E-state index contributed by atoms with van der Waals surface area (Å²) >= 11 is 5.92. The lowest BCUT2D eigenvalue weighted by molar-refractivity contribution is 0.674. The first-order chi connectivity index (χ1) is 17.2. The third-order valence-electron chi connectivity index (χ3n) is 3.58. The van der Waals surface area contributed by atoms with Crippen molar-refractivity contribution < 1.29 is 22.2 Å². The maximum atomic E-state index is 8.59. The van der Waals surface area contributed by atoms with Crippen LogP contribution in [-0.4, -0.2) is 0 Å². The Kier molecular flexibility index (Phi) is 1.27. The zero-order chi connectivity index (χ0) is 27.4. The molecule has 114 valence electrons. The number of rotatable bonds is 1. The first-order valence-electron chi connectivity index (χ1n) is 13.3. The summed E-state index contributed by atoms with van der Waals surface area (Å²) in [6, 6.07) is -7.81. The minimum Gasteiger partial charge on any atom is -0.455 e. The Hall–Kier alpha value is -2.77. The Morgan fingerprint density at radius 2 is 1.42 bits per heavy atom. The van der Waals surface area contributed by atoms with Gasteiger partial charge in [0, 0.05) is 26.7 Å². The summed E-state index contributed by atoms with van der Waals surface area (Å²) in [4.78, 5) is 0. The van der Waals surface area contributed by atoms with E-state index in [9.17, 15) is 0 Å². The molecule has 5 aromatic rings. The standard InChI is InChI=1S/C22H13ClO/c23-16-11-8-15(9-12-16)18-6-3-7-19-20-13-10-14-4-1-2-5-17(14)22(20)24-21(18)19/h1-13H/i1D,2D,3D,4D,5D,6D,7D,8D,9D,10D,11D,12D,13D. The van der Waals surface area contributed by atoms with Crippen molar-refractivity contribution in [1.29, 1.82) is 0 Å². The van der Waals surface area contributed by atoms with E-state index in [0.29, 0.717) is 0 Å². The van der Waals surface area contributed by atoms with Gasteiger partial charge in [-0.15, -0.1) is 0 Å². The summed E-state index contributed by atoms with van der Waals surface area (Å²) in [5.41, 5.74) is -1.44. The monoisotopic (exact) mass is 341 g/mol. The quantitative estimate of drug-likeness (QED) is 0.318. The molecule has 0 amide bonds. The molecule has 0 N–H and O–H groups in total. The highest BCUT2D eigenvalue weighted by atomic mass is 35.5. The molecule has 4 aromatic carbocycles. The Bertz CT molecular complexity index is 1850. The molecule has 1 aromatic heterocycles. The molecule has 5 rings (SSSR count). The van der Waals surface area contributed by atoms with Crippen LogP contribution in [0.15, 0.2) is 83.0 Å². The zero-order valence-corrected chi connectivity index (χ0v) is 12.5. The summed E-state index contributed by atoms with van der Waals surface area (Å²) in [5.74, 6) is 0. The van der Waals surface area contributed by atoms with Crippen molar-refractivity contribution in [1.82, 2.24) is 0 Å². The van der Waals surface area contributed by atoms with Gasteiger partial charge in [-0.3, -0.25) is 0 Å². The van der Waals surface area contributed by atoms with Crippen molar-refractivity contribution in [3.8, 4) is 11.1 Å². The second-order valence-corrected chi connectivity index (χ2v) is 5.33. The zero-order valence-electron chi connectivity index (χ0n) is 24.8. The van der Waals surface area contributed by atoms with Crippen molar-refractivity contribution in [2.24, 2.45) is 0 Å². The molecular weight excluding hydrogens is 316 g/mol. The number of halogens is 1. The van der Waals surface area contributed by atoms with Gasteiger partial charge in [0.05, 0.1) is 17.8 Å². The molecule has 0 unspecified atom stereocenters. The van der Waals surface area contributed by atoms with Gasteiger partial charge in [0.25, 0.3) is 0 Å². The fourth-order valence-corrected chi connectivity index (χ4v) is 2.63. The van der Waals surface area contributed by atoms with Crippen molar-refractivity contribution in [2.45, 2.75) is 0 Å². The van der Waals surface area contributed by atoms with E-state index in [1.54, 1.807) is 0 Å². The highest BCUT2D eigenvalue weighted by Crippen LogP contribution is 2.38. The lowest BCUT2D eigenvalue weighted by Crippen LogP contribution is -1.78. The average molecular weight is 342 g/mol. The molecule has 0 fully saturated rings. The van der Waals surface area contributed by atoms with Gasteiger partial charge in [0.1, 0.15) is 11.2 Å². The summed E-state index contributed by atoms with van der Waals surface area (Å²) < 4.78 is 114. The maximum absolute atomic E-state index is 8.59. The molecule has 1 nitrogen and oxygen atoms in total. The molecule has 0 radical (unpaired) electrons. The Labute approximate surface area is 162 Å². The van der Waals surface area contributed by atoms with Gasteiger partial charge >= 0.3 is 0 Å². The van der Waals surface area contributed by atoms with Crippen LogP contribution in [0.2, 0.25) is 5.02 Å². The van der Waals surface area contributed by atoms with Crippen LogP contribution in [0.4, 0.5) is 0 Å². The molecule has 0 aliphatic heterocycles. The Morgan fingerprint density at radius 1 is 0.667 bits per heavy atom. The molecule has 2 heteroatoms. The molecule has 0 aliphatic rings. The first kappa shape index (κ1) is 5.94. The van der Waals surface area contributed by atoms with Gasteiger partial charge in [-0.1, -0.05) is 72.0 Å². The molecule has 0 bridgehead atoms. The highest BCUT2D eigenvalue weighted by Gasteiger charge is 2.13.